The van der Waals surface area contributed by atoms with Crippen molar-refractivity contribution in [3.63, 3.8) is 0 Å². The van der Waals surface area contributed by atoms with Gasteiger partial charge in [0.15, 0.2) is 0 Å². The van der Waals surface area contributed by atoms with Gasteiger partial charge in [-0.3, -0.25) is 34.3 Å². The average Bonchev–Trinajstić information content (AvgIpc) is 3.06. The Bertz CT molecular complexity index is 1210. The van der Waals surface area contributed by atoms with Gasteiger partial charge in [-0.05, 0) is 24.1 Å². The number of pyridine rings is 1. The van der Waals surface area contributed by atoms with Crippen molar-refractivity contribution in [3.05, 3.63) is 57.2 Å². The third kappa shape index (κ3) is 4.15. The van der Waals surface area contributed by atoms with Crippen LogP contribution in [0.2, 0.25) is 10.0 Å². The topological polar surface area (TPSA) is 103 Å². The van der Waals surface area contributed by atoms with Crippen LogP contribution in [-0.2, 0) is 16.1 Å². The number of amides is 4. The first kappa shape index (κ1) is 22.8. The van der Waals surface area contributed by atoms with E-state index in [2.05, 4.69) is 20.1 Å². The second-order valence-electron chi connectivity index (χ2n) is 8.55. The molecule has 3 aliphatic heterocycles. The molecule has 4 amide bonds. The maximum atomic E-state index is 13.0. The van der Waals surface area contributed by atoms with E-state index in [1.165, 1.54) is 0 Å². The number of aromatic nitrogens is 1. The molecule has 2 saturated heterocycles. The molecule has 176 valence electrons. The molecule has 1 aromatic carbocycles. The number of rotatable bonds is 4. The van der Waals surface area contributed by atoms with E-state index in [0.717, 1.165) is 42.5 Å². The fourth-order valence-corrected chi connectivity index (χ4v) is 4.84. The van der Waals surface area contributed by atoms with E-state index in [1.807, 2.05) is 6.07 Å². The number of fused-ring (bicyclic) bond motifs is 1. The van der Waals surface area contributed by atoms with Crippen molar-refractivity contribution < 1.29 is 19.2 Å². The number of halogens is 2. The van der Waals surface area contributed by atoms with E-state index in [0.29, 0.717) is 22.2 Å². The second-order valence-corrected chi connectivity index (χ2v) is 9.36. The molecule has 0 bridgehead atoms. The molecular weight excluding hydrogens is 481 g/mol. The molecule has 4 heterocycles. The zero-order valence-electron chi connectivity index (χ0n) is 18.1. The molecule has 1 N–H and O–H groups in total. The van der Waals surface area contributed by atoms with Crippen LogP contribution in [0.25, 0.3) is 0 Å². The lowest BCUT2D eigenvalue weighted by molar-refractivity contribution is -0.136. The van der Waals surface area contributed by atoms with Crippen LogP contribution >= 0.6 is 23.2 Å². The van der Waals surface area contributed by atoms with Crippen molar-refractivity contribution in [1.29, 1.82) is 0 Å². The van der Waals surface area contributed by atoms with Crippen molar-refractivity contribution in [2.45, 2.75) is 25.4 Å². The van der Waals surface area contributed by atoms with Crippen molar-refractivity contribution >= 4 is 52.6 Å². The molecule has 1 unspecified atom stereocenters. The number of imide groups is 2. The van der Waals surface area contributed by atoms with Gasteiger partial charge in [-0.25, -0.2) is 4.98 Å². The second kappa shape index (κ2) is 8.98. The predicted octanol–water partition coefficient (Wildman–Crippen LogP) is 2.11. The largest absolute Gasteiger partial charge is 0.354 e. The molecule has 11 heteroatoms. The number of nitrogens with zero attached hydrogens (tertiary/aromatic N) is 4. The number of piperidine rings is 1. The van der Waals surface area contributed by atoms with E-state index in [1.54, 1.807) is 24.4 Å². The van der Waals surface area contributed by atoms with Gasteiger partial charge in [-0.15, -0.1) is 0 Å². The molecular formula is C23H21Cl2N5O4. The summed E-state index contributed by atoms with van der Waals surface area (Å²) in [6.45, 7) is 3.71. The number of carbonyl (C=O) groups excluding carboxylic acids is 4. The predicted molar refractivity (Wildman–Crippen MR) is 125 cm³/mol. The minimum atomic E-state index is -0.961. The zero-order chi connectivity index (χ0) is 24.0. The summed E-state index contributed by atoms with van der Waals surface area (Å²) in [5, 5.41) is 3.10. The van der Waals surface area contributed by atoms with E-state index in [9.17, 15) is 19.2 Å². The molecule has 0 spiro atoms. The number of benzene rings is 1. The van der Waals surface area contributed by atoms with E-state index in [4.69, 9.17) is 23.2 Å². The lowest BCUT2D eigenvalue weighted by atomic mass is 10.0. The lowest BCUT2D eigenvalue weighted by Gasteiger charge is -2.35. The first-order valence-electron chi connectivity index (χ1n) is 10.9. The molecule has 5 rings (SSSR count). The molecule has 3 aliphatic rings. The van der Waals surface area contributed by atoms with Crippen LogP contribution in [0.15, 0.2) is 30.5 Å². The highest BCUT2D eigenvalue weighted by molar-refractivity contribution is 6.42. The number of anilines is 1. The van der Waals surface area contributed by atoms with Gasteiger partial charge in [0.05, 0.1) is 21.2 Å². The summed E-state index contributed by atoms with van der Waals surface area (Å²) < 4.78 is 0. The summed E-state index contributed by atoms with van der Waals surface area (Å²) >= 11 is 12.1. The summed E-state index contributed by atoms with van der Waals surface area (Å²) in [5.41, 5.74) is 1.49. The highest BCUT2D eigenvalue weighted by atomic mass is 35.5. The van der Waals surface area contributed by atoms with Gasteiger partial charge in [0, 0.05) is 51.4 Å². The van der Waals surface area contributed by atoms with Crippen molar-refractivity contribution in [2.75, 3.05) is 31.1 Å². The molecule has 34 heavy (non-hydrogen) atoms. The van der Waals surface area contributed by atoms with Crippen LogP contribution in [0, 0.1) is 0 Å². The standard InChI is InChI=1S/C23H21Cl2N5O4/c24-16-10-19(26-11-17(16)25)29-7-5-28(6-8-29)12-13-1-2-14-15(9-13)23(34)30(22(14)33)18-3-4-20(31)27-21(18)32/h1-2,9-11,18H,3-8,12H2,(H,27,31,32). The molecule has 0 radical (unpaired) electrons. The third-order valence-corrected chi connectivity index (χ3v) is 7.11. The number of hydrogen-bond acceptors (Lipinski definition) is 7. The Kier molecular flexibility index (Phi) is 6.01. The van der Waals surface area contributed by atoms with Gasteiger partial charge in [0.2, 0.25) is 11.8 Å². The Labute approximate surface area is 205 Å². The number of piperazine rings is 1. The maximum Gasteiger partial charge on any atom is 0.262 e. The van der Waals surface area contributed by atoms with Crippen LogP contribution in [-0.4, -0.2) is 70.6 Å². The summed E-state index contributed by atoms with van der Waals surface area (Å²) in [7, 11) is 0. The highest BCUT2D eigenvalue weighted by Gasteiger charge is 2.44. The Morgan fingerprint density at radius 2 is 1.68 bits per heavy atom. The van der Waals surface area contributed by atoms with Crippen LogP contribution < -0.4 is 10.2 Å². The molecule has 0 aliphatic carbocycles. The van der Waals surface area contributed by atoms with E-state index >= 15 is 0 Å². The first-order valence-corrected chi connectivity index (χ1v) is 11.7. The normalized spacial score (nSPS) is 21.2. The van der Waals surface area contributed by atoms with Gasteiger partial charge >= 0.3 is 0 Å². The number of nitrogens with one attached hydrogen (secondary N) is 1. The minimum absolute atomic E-state index is 0.0960. The van der Waals surface area contributed by atoms with Gasteiger partial charge in [0.25, 0.3) is 11.8 Å². The van der Waals surface area contributed by atoms with Gasteiger partial charge in [0.1, 0.15) is 11.9 Å². The molecule has 9 nitrogen and oxygen atoms in total. The smallest absolute Gasteiger partial charge is 0.262 e. The van der Waals surface area contributed by atoms with Crippen LogP contribution in [0.4, 0.5) is 5.82 Å². The Hall–Kier alpha value is -3.01. The quantitative estimate of drug-likeness (QED) is 0.639. The molecule has 2 aromatic rings. The summed E-state index contributed by atoms with van der Waals surface area (Å²) in [6, 6.07) is 6.01. The summed E-state index contributed by atoms with van der Waals surface area (Å²) in [4.78, 5) is 59.3. The zero-order valence-corrected chi connectivity index (χ0v) is 19.6. The molecule has 1 atom stereocenters. The van der Waals surface area contributed by atoms with Crippen LogP contribution in [0.1, 0.15) is 39.1 Å². The summed E-state index contributed by atoms with van der Waals surface area (Å²) in [6.07, 6.45) is 1.78. The van der Waals surface area contributed by atoms with Gasteiger partial charge in [-0.1, -0.05) is 29.3 Å². The van der Waals surface area contributed by atoms with Crippen molar-refractivity contribution in [1.82, 2.24) is 20.1 Å². The SMILES string of the molecule is O=C1CCC(N2C(=O)c3ccc(CN4CCN(c5cc(Cl)c(Cl)cn5)CC4)cc3C2=O)C(=O)N1. The van der Waals surface area contributed by atoms with Gasteiger partial charge in [-0.2, -0.15) is 0 Å². The Morgan fingerprint density at radius 1 is 0.941 bits per heavy atom. The first-order chi connectivity index (χ1) is 16.3. The van der Waals surface area contributed by atoms with Crippen molar-refractivity contribution in [3.8, 4) is 0 Å². The van der Waals surface area contributed by atoms with E-state index < -0.39 is 29.7 Å². The minimum Gasteiger partial charge on any atom is -0.354 e. The molecule has 2 fully saturated rings. The van der Waals surface area contributed by atoms with Gasteiger partial charge < -0.3 is 4.90 Å². The number of hydrogen-bond donors (Lipinski definition) is 1. The average molecular weight is 502 g/mol. The Morgan fingerprint density at radius 3 is 2.38 bits per heavy atom. The summed E-state index contributed by atoms with van der Waals surface area (Å²) in [5.74, 6) is -1.21. The lowest BCUT2D eigenvalue weighted by Crippen LogP contribution is -2.54. The van der Waals surface area contributed by atoms with Crippen LogP contribution in [0.3, 0.4) is 0 Å². The highest BCUT2D eigenvalue weighted by Crippen LogP contribution is 2.29. The van der Waals surface area contributed by atoms with Crippen LogP contribution in [0.5, 0.6) is 0 Å². The van der Waals surface area contributed by atoms with Crippen molar-refractivity contribution in [2.24, 2.45) is 0 Å². The monoisotopic (exact) mass is 501 g/mol. The van der Waals surface area contributed by atoms with E-state index in [-0.39, 0.29) is 18.4 Å². The fourth-order valence-electron chi connectivity index (χ4n) is 4.59. The Balaban J connectivity index is 1.25. The number of carbonyl (C=O) groups is 4. The third-order valence-electron chi connectivity index (χ3n) is 6.40. The molecule has 0 saturated carbocycles. The maximum absolute atomic E-state index is 13.0. The fraction of sp³-hybridized carbons (Fsp3) is 0.348. The molecule has 1 aromatic heterocycles.